The SMILES string of the molecule is CCCC1(C)OB(c2ccc(N3CCN(CC4(C(F)(F)F)CC4)CC3)cc2)OC1(C)C. The highest BCUT2D eigenvalue weighted by molar-refractivity contribution is 6.62. The maximum absolute atomic E-state index is 13.2. The van der Waals surface area contributed by atoms with Gasteiger partial charge in [-0.15, -0.1) is 0 Å². The number of benzene rings is 1. The summed E-state index contributed by atoms with van der Waals surface area (Å²) in [6, 6.07) is 8.22. The largest absolute Gasteiger partial charge is 0.494 e. The summed E-state index contributed by atoms with van der Waals surface area (Å²) in [6.07, 6.45) is -1.55. The molecule has 0 amide bonds. The number of piperazine rings is 1. The van der Waals surface area contributed by atoms with E-state index in [0.29, 0.717) is 13.1 Å². The summed E-state index contributed by atoms with van der Waals surface area (Å²) in [5, 5.41) is 0. The van der Waals surface area contributed by atoms with E-state index in [0.717, 1.165) is 37.1 Å². The molecule has 1 unspecified atom stereocenters. The smallest absolute Gasteiger partial charge is 0.399 e. The molecule has 0 bridgehead atoms. The highest BCUT2D eigenvalue weighted by Crippen LogP contribution is 2.58. The van der Waals surface area contributed by atoms with Crippen LogP contribution >= 0.6 is 0 Å². The molecule has 1 aromatic rings. The summed E-state index contributed by atoms with van der Waals surface area (Å²) in [5.41, 5.74) is -0.0440. The quantitative estimate of drug-likeness (QED) is 0.621. The van der Waals surface area contributed by atoms with Crippen LogP contribution in [0.15, 0.2) is 24.3 Å². The van der Waals surface area contributed by atoms with Crippen LogP contribution in [0.3, 0.4) is 0 Å². The van der Waals surface area contributed by atoms with E-state index in [-0.39, 0.29) is 37.7 Å². The average Bonchev–Trinajstić information content (AvgIpc) is 3.44. The Morgan fingerprint density at radius 1 is 0.968 bits per heavy atom. The van der Waals surface area contributed by atoms with Crippen LogP contribution < -0.4 is 10.4 Å². The summed E-state index contributed by atoms with van der Waals surface area (Å²) < 4.78 is 52.3. The van der Waals surface area contributed by atoms with Gasteiger partial charge in [-0.3, -0.25) is 4.90 Å². The van der Waals surface area contributed by atoms with Crippen LogP contribution in [0.5, 0.6) is 0 Å². The molecule has 2 saturated heterocycles. The lowest BCUT2D eigenvalue weighted by Gasteiger charge is -2.38. The molecule has 1 aromatic carbocycles. The number of nitrogens with zero attached hydrogens (tertiary/aromatic N) is 2. The molecule has 4 rings (SSSR count). The predicted octanol–water partition coefficient (Wildman–Crippen LogP) is 4.23. The molecule has 3 aliphatic rings. The molecule has 1 saturated carbocycles. The first kappa shape index (κ1) is 22.9. The molecule has 8 heteroatoms. The van der Waals surface area contributed by atoms with E-state index in [1.165, 1.54) is 0 Å². The zero-order valence-electron chi connectivity index (χ0n) is 19.1. The van der Waals surface area contributed by atoms with E-state index in [4.69, 9.17) is 9.31 Å². The molecule has 4 nitrogen and oxygen atoms in total. The van der Waals surface area contributed by atoms with Crippen molar-refractivity contribution in [1.29, 1.82) is 0 Å². The van der Waals surface area contributed by atoms with Gasteiger partial charge in [0.15, 0.2) is 0 Å². The van der Waals surface area contributed by atoms with E-state index < -0.39 is 11.6 Å². The molecular formula is C23H34BF3N2O2. The molecule has 2 aliphatic heterocycles. The highest BCUT2D eigenvalue weighted by Gasteiger charge is 2.63. The first-order valence-corrected chi connectivity index (χ1v) is 11.5. The number of anilines is 1. The second-order valence-electron chi connectivity index (χ2n) is 10.2. The van der Waals surface area contributed by atoms with Gasteiger partial charge in [0.2, 0.25) is 0 Å². The van der Waals surface area contributed by atoms with Crippen molar-refractivity contribution in [3.63, 3.8) is 0 Å². The Hall–Kier alpha value is -1.25. The minimum absolute atomic E-state index is 0.145. The number of alkyl halides is 3. The highest BCUT2D eigenvalue weighted by atomic mass is 19.4. The minimum Gasteiger partial charge on any atom is -0.399 e. The van der Waals surface area contributed by atoms with Crippen LogP contribution in [0, 0.1) is 5.41 Å². The Kier molecular flexibility index (Phi) is 5.89. The van der Waals surface area contributed by atoms with Crippen molar-refractivity contribution in [3.8, 4) is 0 Å². The van der Waals surface area contributed by atoms with Gasteiger partial charge in [0.05, 0.1) is 16.6 Å². The third-order valence-corrected chi connectivity index (χ3v) is 7.65. The summed E-state index contributed by atoms with van der Waals surface area (Å²) in [5.74, 6) is 0. The molecule has 0 aromatic heterocycles. The third-order valence-electron chi connectivity index (χ3n) is 7.65. The van der Waals surface area contributed by atoms with Crippen molar-refractivity contribution in [2.45, 2.75) is 70.8 Å². The Morgan fingerprint density at radius 2 is 1.58 bits per heavy atom. The van der Waals surface area contributed by atoms with Crippen molar-refractivity contribution >= 4 is 18.3 Å². The lowest BCUT2D eigenvalue weighted by Crippen LogP contribution is -2.50. The summed E-state index contributed by atoms with van der Waals surface area (Å²) in [7, 11) is -0.380. The van der Waals surface area contributed by atoms with Gasteiger partial charge in [0, 0.05) is 38.4 Å². The van der Waals surface area contributed by atoms with E-state index in [9.17, 15) is 13.2 Å². The van der Waals surface area contributed by atoms with Gasteiger partial charge in [0.25, 0.3) is 0 Å². The fourth-order valence-corrected chi connectivity index (χ4v) is 4.88. The van der Waals surface area contributed by atoms with Crippen LogP contribution in [0.1, 0.15) is 53.4 Å². The summed E-state index contributed by atoms with van der Waals surface area (Å²) in [4.78, 5) is 4.22. The zero-order chi connectivity index (χ0) is 22.5. The molecule has 0 spiro atoms. The molecule has 3 fully saturated rings. The fraction of sp³-hybridized carbons (Fsp3) is 0.739. The van der Waals surface area contributed by atoms with E-state index in [2.05, 4.69) is 44.7 Å². The van der Waals surface area contributed by atoms with Crippen molar-refractivity contribution in [2.24, 2.45) is 5.41 Å². The van der Waals surface area contributed by atoms with Crippen LogP contribution in [0.25, 0.3) is 0 Å². The van der Waals surface area contributed by atoms with E-state index in [1.807, 2.05) is 17.0 Å². The normalized spacial score (nSPS) is 28.2. The monoisotopic (exact) mass is 438 g/mol. The number of halogens is 3. The first-order chi connectivity index (χ1) is 14.5. The maximum Gasteiger partial charge on any atom is 0.494 e. The molecule has 172 valence electrons. The number of hydrogen-bond donors (Lipinski definition) is 0. The van der Waals surface area contributed by atoms with Crippen molar-refractivity contribution in [1.82, 2.24) is 4.90 Å². The second kappa shape index (κ2) is 7.96. The van der Waals surface area contributed by atoms with Crippen molar-refractivity contribution in [2.75, 3.05) is 37.6 Å². The lowest BCUT2D eigenvalue weighted by atomic mass is 9.79. The van der Waals surface area contributed by atoms with Gasteiger partial charge in [0.1, 0.15) is 0 Å². The average molecular weight is 438 g/mol. The molecule has 31 heavy (non-hydrogen) atoms. The second-order valence-corrected chi connectivity index (χ2v) is 10.2. The third kappa shape index (κ3) is 4.35. The number of rotatable bonds is 6. The van der Waals surface area contributed by atoms with Gasteiger partial charge in [-0.05, 0) is 57.6 Å². The Bertz CT molecular complexity index is 774. The zero-order valence-corrected chi connectivity index (χ0v) is 19.1. The Morgan fingerprint density at radius 3 is 2.10 bits per heavy atom. The van der Waals surface area contributed by atoms with Crippen LogP contribution in [-0.4, -0.2) is 62.1 Å². The molecule has 0 radical (unpaired) electrons. The van der Waals surface area contributed by atoms with Gasteiger partial charge < -0.3 is 14.2 Å². The maximum atomic E-state index is 13.2. The molecule has 0 N–H and O–H groups in total. The van der Waals surface area contributed by atoms with Crippen LogP contribution in [-0.2, 0) is 9.31 Å². The van der Waals surface area contributed by atoms with E-state index >= 15 is 0 Å². The van der Waals surface area contributed by atoms with Crippen molar-refractivity contribution in [3.05, 3.63) is 24.3 Å². The minimum atomic E-state index is -4.08. The molecule has 2 heterocycles. The van der Waals surface area contributed by atoms with Gasteiger partial charge in [-0.2, -0.15) is 13.2 Å². The van der Waals surface area contributed by atoms with Gasteiger partial charge >= 0.3 is 13.3 Å². The molecule has 1 atom stereocenters. The standard InChI is InChI=1S/C23H34BF3N2O2/c1-5-10-21(4)20(2,3)30-24(31-21)18-6-8-19(9-7-18)29-15-13-28(14-16-29)17-22(11-12-22)23(25,26)27/h6-9H,5,10-17H2,1-4H3. The predicted molar refractivity (Wildman–Crippen MR) is 118 cm³/mol. The van der Waals surface area contributed by atoms with Crippen molar-refractivity contribution < 1.29 is 22.5 Å². The summed E-state index contributed by atoms with van der Waals surface area (Å²) in [6.45, 7) is 11.4. The van der Waals surface area contributed by atoms with Gasteiger partial charge in [-0.25, -0.2) is 0 Å². The van der Waals surface area contributed by atoms with Crippen LogP contribution in [0.2, 0.25) is 0 Å². The van der Waals surface area contributed by atoms with E-state index in [1.54, 1.807) is 0 Å². The lowest BCUT2D eigenvalue weighted by molar-refractivity contribution is -0.192. The Balaban J connectivity index is 1.34. The van der Waals surface area contributed by atoms with Crippen LogP contribution in [0.4, 0.5) is 18.9 Å². The topological polar surface area (TPSA) is 24.9 Å². The number of hydrogen-bond acceptors (Lipinski definition) is 4. The summed E-state index contributed by atoms with van der Waals surface area (Å²) >= 11 is 0. The Labute approximate surface area is 184 Å². The molecule has 1 aliphatic carbocycles. The first-order valence-electron chi connectivity index (χ1n) is 11.5. The van der Waals surface area contributed by atoms with Gasteiger partial charge in [-0.1, -0.05) is 25.5 Å². The molecular weight excluding hydrogens is 404 g/mol. The fourth-order valence-electron chi connectivity index (χ4n) is 4.88.